The van der Waals surface area contributed by atoms with E-state index in [9.17, 15) is 0 Å². The average molecular weight is 226 g/mol. The lowest BCUT2D eigenvalue weighted by Gasteiger charge is -2.20. The van der Waals surface area contributed by atoms with Crippen molar-refractivity contribution in [3.8, 4) is 0 Å². The maximum Gasteiger partial charge on any atom is 0.0705 e. The minimum atomic E-state index is 0.147. The predicted molar refractivity (Wildman–Crippen MR) is 70.6 cm³/mol. The van der Waals surface area contributed by atoms with Gasteiger partial charge in [-0.25, -0.2) is 0 Å². The molecule has 3 rings (SSSR count). The van der Waals surface area contributed by atoms with Gasteiger partial charge in [-0.1, -0.05) is 25.1 Å². The van der Waals surface area contributed by atoms with Crippen LogP contribution in [0.4, 0.5) is 0 Å². The van der Waals surface area contributed by atoms with Crippen LogP contribution in [0.2, 0.25) is 0 Å². The van der Waals surface area contributed by atoms with Gasteiger partial charge in [0, 0.05) is 17.6 Å². The van der Waals surface area contributed by atoms with Gasteiger partial charge in [-0.2, -0.15) is 0 Å². The van der Waals surface area contributed by atoms with Gasteiger partial charge in [-0.3, -0.25) is 4.98 Å². The van der Waals surface area contributed by atoms with Crippen LogP contribution in [0.3, 0.4) is 0 Å². The van der Waals surface area contributed by atoms with E-state index < -0.39 is 0 Å². The van der Waals surface area contributed by atoms with Gasteiger partial charge in [0.25, 0.3) is 0 Å². The summed E-state index contributed by atoms with van der Waals surface area (Å²) in [6.07, 6.45) is 4.53. The molecular weight excluding hydrogens is 208 g/mol. The van der Waals surface area contributed by atoms with Crippen molar-refractivity contribution in [1.82, 2.24) is 4.98 Å². The zero-order valence-corrected chi connectivity index (χ0v) is 10.1. The fraction of sp³-hybridized carbons (Fsp3) is 0.400. The van der Waals surface area contributed by atoms with E-state index in [-0.39, 0.29) is 6.04 Å². The van der Waals surface area contributed by atoms with Gasteiger partial charge in [0.05, 0.1) is 5.52 Å². The van der Waals surface area contributed by atoms with Crippen molar-refractivity contribution in [3.05, 3.63) is 42.1 Å². The Morgan fingerprint density at radius 3 is 2.88 bits per heavy atom. The van der Waals surface area contributed by atoms with Crippen LogP contribution in [0.25, 0.3) is 10.9 Å². The van der Waals surface area contributed by atoms with E-state index in [1.165, 1.54) is 23.8 Å². The van der Waals surface area contributed by atoms with Crippen LogP contribution in [0.1, 0.15) is 31.4 Å². The Morgan fingerprint density at radius 1 is 1.29 bits per heavy atom. The maximum atomic E-state index is 6.34. The van der Waals surface area contributed by atoms with E-state index in [2.05, 4.69) is 36.2 Å². The average Bonchev–Trinajstić information content (AvgIpc) is 3.21. The van der Waals surface area contributed by atoms with Crippen molar-refractivity contribution in [2.24, 2.45) is 17.6 Å². The minimum Gasteiger partial charge on any atom is -0.324 e. The number of nitrogens with zero attached hydrogens (tertiary/aromatic N) is 1. The van der Waals surface area contributed by atoms with Crippen molar-refractivity contribution < 1.29 is 0 Å². The first-order valence-corrected chi connectivity index (χ1v) is 6.36. The number of fused-ring (bicyclic) bond motifs is 1. The molecule has 1 aromatic heterocycles. The minimum absolute atomic E-state index is 0.147. The van der Waals surface area contributed by atoms with E-state index in [0.717, 1.165) is 11.4 Å². The summed E-state index contributed by atoms with van der Waals surface area (Å²) in [5.41, 5.74) is 8.61. The number of nitrogens with two attached hydrogens (primary N) is 1. The van der Waals surface area contributed by atoms with Crippen LogP contribution in [0.15, 0.2) is 36.5 Å². The summed E-state index contributed by atoms with van der Waals surface area (Å²) in [4.78, 5) is 4.39. The SMILES string of the molecule is CC(C1CC1)C(N)c1ccc2cccnc2c1. The van der Waals surface area contributed by atoms with Crippen LogP contribution in [0, 0.1) is 11.8 Å². The van der Waals surface area contributed by atoms with E-state index in [1.807, 2.05) is 12.3 Å². The summed E-state index contributed by atoms with van der Waals surface area (Å²) in [7, 11) is 0. The van der Waals surface area contributed by atoms with Gasteiger partial charge in [-0.05, 0) is 42.4 Å². The van der Waals surface area contributed by atoms with E-state index in [0.29, 0.717) is 5.92 Å². The molecule has 0 spiro atoms. The van der Waals surface area contributed by atoms with Gasteiger partial charge in [0.2, 0.25) is 0 Å². The summed E-state index contributed by atoms with van der Waals surface area (Å²) in [6, 6.07) is 10.6. The summed E-state index contributed by atoms with van der Waals surface area (Å²) in [5.74, 6) is 1.42. The summed E-state index contributed by atoms with van der Waals surface area (Å²) >= 11 is 0. The Kier molecular flexibility index (Phi) is 2.60. The van der Waals surface area contributed by atoms with Crippen molar-refractivity contribution in [2.45, 2.75) is 25.8 Å². The number of hydrogen-bond donors (Lipinski definition) is 1. The fourth-order valence-electron chi connectivity index (χ4n) is 2.51. The summed E-state index contributed by atoms with van der Waals surface area (Å²) in [5, 5.41) is 1.18. The quantitative estimate of drug-likeness (QED) is 0.872. The molecule has 2 unspecified atom stereocenters. The van der Waals surface area contributed by atoms with Crippen molar-refractivity contribution in [1.29, 1.82) is 0 Å². The van der Waals surface area contributed by atoms with Gasteiger partial charge in [0.15, 0.2) is 0 Å². The third-order valence-electron chi connectivity index (χ3n) is 3.95. The number of rotatable bonds is 3. The number of benzene rings is 1. The molecule has 2 N–H and O–H groups in total. The second kappa shape index (κ2) is 4.11. The second-order valence-corrected chi connectivity index (χ2v) is 5.18. The Balaban J connectivity index is 1.93. The maximum absolute atomic E-state index is 6.34. The lowest BCUT2D eigenvalue weighted by molar-refractivity contribution is 0.417. The zero-order chi connectivity index (χ0) is 11.8. The molecule has 17 heavy (non-hydrogen) atoms. The zero-order valence-electron chi connectivity index (χ0n) is 10.1. The highest BCUT2D eigenvalue weighted by molar-refractivity contribution is 5.78. The highest BCUT2D eigenvalue weighted by Crippen LogP contribution is 2.41. The molecule has 2 nitrogen and oxygen atoms in total. The molecule has 0 aliphatic heterocycles. The largest absolute Gasteiger partial charge is 0.324 e. The van der Waals surface area contributed by atoms with Crippen molar-refractivity contribution in [3.63, 3.8) is 0 Å². The molecule has 0 radical (unpaired) electrons. The molecule has 2 aromatic rings. The van der Waals surface area contributed by atoms with Crippen LogP contribution in [0.5, 0.6) is 0 Å². The molecule has 1 fully saturated rings. The van der Waals surface area contributed by atoms with Gasteiger partial charge < -0.3 is 5.73 Å². The molecule has 1 aromatic carbocycles. The number of pyridine rings is 1. The molecule has 0 amide bonds. The molecule has 1 aliphatic carbocycles. The molecule has 88 valence electrons. The topological polar surface area (TPSA) is 38.9 Å². The Hall–Kier alpha value is -1.41. The Morgan fingerprint density at radius 2 is 2.12 bits per heavy atom. The fourth-order valence-corrected chi connectivity index (χ4v) is 2.51. The molecule has 2 heteroatoms. The van der Waals surface area contributed by atoms with E-state index >= 15 is 0 Å². The molecule has 2 atom stereocenters. The standard InChI is InChI=1S/C15H18N2/c1-10(11-4-5-11)15(16)13-7-6-12-3-2-8-17-14(12)9-13/h2-3,6-11,15H,4-5,16H2,1H3. The molecular formula is C15H18N2. The van der Waals surface area contributed by atoms with Crippen LogP contribution >= 0.6 is 0 Å². The smallest absolute Gasteiger partial charge is 0.0705 e. The van der Waals surface area contributed by atoms with Crippen LogP contribution in [-0.2, 0) is 0 Å². The van der Waals surface area contributed by atoms with Crippen LogP contribution < -0.4 is 5.73 Å². The summed E-state index contributed by atoms with van der Waals surface area (Å²) < 4.78 is 0. The van der Waals surface area contributed by atoms with Crippen LogP contribution in [-0.4, -0.2) is 4.98 Å². The first kappa shape index (κ1) is 10.7. The first-order chi connectivity index (χ1) is 8.25. The van der Waals surface area contributed by atoms with Crippen molar-refractivity contribution in [2.75, 3.05) is 0 Å². The number of hydrogen-bond acceptors (Lipinski definition) is 2. The lowest BCUT2D eigenvalue weighted by atomic mass is 9.91. The van der Waals surface area contributed by atoms with Gasteiger partial charge in [0.1, 0.15) is 0 Å². The number of aromatic nitrogens is 1. The predicted octanol–water partition coefficient (Wildman–Crippen LogP) is 3.28. The molecule has 0 bridgehead atoms. The Bertz CT molecular complexity index is 531. The van der Waals surface area contributed by atoms with Gasteiger partial charge in [-0.15, -0.1) is 0 Å². The third kappa shape index (κ3) is 2.05. The van der Waals surface area contributed by atoms with E-state index in [1.54, 1.807) is 0 Å². The summed E-state index contributed by atoms with van der Waals surface area (Å²) in [6.45, 7) is 2.27. The monoisotopic (exact) mass is 226 g/mol. The highest BCUT2D eigenvalue weighted by atomic mass is 14.7. The first-order valence-electron chi connectivity index (χ1n) is 6.36. The van der Waals surface area contributed by atoms with Gasteiger partial charge >= 0.3 is 0 Å². The lowest BCUT2D eigenvalue weighted by Crippen LogP contribution is -2.20. The molecule has 0 saturated heterocycles. The van der Waals surface area contributed by atoms with E-state index in [4.69, 9.17) is 5.73 Å². The third-order valence-corrected chi connectivity index (χ3v) is 3.95. The molecule has 1 aliphatic rings. The highest BCUT2D eigenvalue weighted by Gasteiger charge is 2.32. The normalized spacial score (nSPS) is 19.2. The second-order valence-electron chi connectivity index (χ2n) is 5.18. The Labute approximate surface area is 102 Å². The molecule has 1 heterocycles. The molecule has 1 saturated carbocycles. The van der Waals surface area contributed by atoms with Crippen molar-refractivity contribution >= 4 is 10.9 Å².